The summed E-state index contributed by atoms with van der Waals surface area (Å²) in [5.74, 6) is 0. The van der Waals surface area contributed by atoms with Crippen LogP contribution < -0.4 is 5.49 Å². The van der Waals surface area contributed by atoms with Crippen LogP contribution in [0.1, 0.15) is 0 Å². The number of nitrogens with one attached hydrogen (secondary N) is 2. The van der Waals surface area contributed by atoms with E-state index < -0.39 is 12.2 Å². The van der Waals surface area contributed by atoms with E-state index in [9.17, 15) is 10.2 Å². The Bertz CT molecular complexity index is 588. The van der Waals surface area contributed by atoms with Gasteiger partial charge in [-0.15, -0.1) is 6.58 Å². The van der Waals surface area contributed by atoms with E-state index in [1.54, 1.807) is 4.57 Å². The minimum absolute atomic E-state index is 0.0903. The van der Waals surface area contributed by atoms with Crippen molar-refractivity contribution in [1.82, 2.24) is 19.5 Å². The summed E-state index contributed by atoms with van der Waals surface area (Å²) in [6.45, 7) is 3.53. The van der Waals surface area contributed by atoms with Crippen LogP contribution in [-0.2, 0) is 6.54 Å². The van der Waals surface area contributed by atoms with Crippen molar-refractivity contribution in [2.24, 2.45) is 0 Å². The number of aromatic amines is 1. The van der Waals surface area contributed by atoms with Gasteiger partial charge in [-0.05, 0) is 0 Å². The number of nitrogens with zero attached hydrogens (tertiary/aromatic N) is 3. The molecule has 0 aliphatic carbocycles. The van der Waals surface area contributed by atoms with Crippen LogP contribution in [0.25, 0.3) is 11.2 Å². The van der Waals surface area contributed by atoms with Gasteiger partial charge in [-0.2, -0.15) is 0 Å². The summed E-state index contributed by atoms with van der Waals surface area (Å²) in [6, 6.07) is 0. The van der Waals surface area contributed by atoms with Gasteiger partial charge < -0.3 is 19.8 Å². The molecule has 0 amide bonds. The Hall–Kier alpha value is -1.99. The fourth-order valence-electron chi connectivity index (χ4n) is 1.53. The topological polar surface area (TPSA) is 111 Å². The Morgan fingerprint density at radius 2 is 2.29 bits per heavy atom. The van der Waals surface area contributed by atoms with Crippen LogP contribution in [0.3, 0.4) is 0 Å². The number of imidazole rings is 1. The maximum atomic E-state index is 9.68. The summed E-state index contributed by atoms with van der Waals surface area (Å²) in [7, 11) is 0. The third-order valence-corrected chi connectivity index (χ3v) is 2.47. The van der Waals surface area contributed by atoms with Crippen molar-refractivity contribution < 1.29 is 10.2 Å². The fraction of sp³-hybridized carbons (Fsp3) is 0.300. The van der Waals surface area contributed by atoms with E-state index in [4.69, 9.17) is 5.41 Å². The quantitative estimate of drug-likeness (QED) is 0.517. The SMILES string of the molecule is C=C[C@H](O)[C@H](O)Cn1cnc(=N)c2[nH]cnc21. The van der Waals surface area contributed by atoms with Crippen molar-refractivity contribution >= 4 is 11.2 Å². The van der Waals surface area contributed by atoms with E-state index in [1.807, 2.05) is 0 Å². The maximum Gasteiger partial charge on any atom is 0.173 e. The first-order valence-corrected chi connectivity index (χ1v) is 5.05. The van der Waals surface area contributed by atoms with Gasteiger partial charge in [0.05, 0.1) is 25.3 Å². The van der Waals surface area contributed by atoms with E-state index in [0.717, 1.165) is 0 Å². The number of aliphatic hydroxyl groups is 2. The van der Waals surface area contributed by atoms with E-state index in [0.29, 0.717) is 11.2 Å². The van der Waals surface area contributed by atoms with Crippen molar-refractivity contribution in [3.8, 4) is 0 Å². The highest BCUT2D eigenvalue weighted by atomic mass is 16.3. The smallest absolute Gasteiger partial charge is 0.173 e. The zero-order valence-corrected chi connectivity index (χ0v) is 9.04. The van der Waals surface area contributed by atoms with Gasteiger partial charge in [0, 0.05) is 0 Å². The molecular weight excluding hydrogens is 222 g/mol. The summed E-state index contributed by atoms with van der Waals surface area (Å²) in [4.78, 5) is 10.7. The molecule has 2 aromatic heterocycles. The lowest BCUT2D eigenvalue weighted by Crippen LogP contribution is -2.29. The molecule has 0 fully saturated rings. The first kappa shape index (κ1) is 11.5. The molecule has 0 spiro atoms. The first-order valence-electron chi connectivity index (χ1n) is 5.05. The Morgan fingerprint density at radius 3 is 3.00 bits per heavy atom. The molecule has 90 valence electrons. The molecule has 0 aromatic carbocycles. The van der Waals surface area contributed by atoms with E-state index in [1.165, 1.54) is 18.7 Å². The lowest BCUT2D eigenvalue weighted by molar-refractivity contribution is 0.0379. The third-order valence-electron chi connectivity index (χ3n) is 2.47. The predicted octanol–water partition coefficient (Wildman–Crippen LogP) is -0.853. The monoisotopic (exact) mass is 235 g/mol. The second kappa shape index (κ2) is 4.48. The molecular formula is C10H13N5O2. The average Bonchev–Trinajstić information content (AvgIpc) is 2.81. The van der Waals surface area contributed by atoms with E-state index in [2.05, 4.69) is 21.5 Å². The van der Waals surface area contributed by atoms with Gasteiger partial charge in [-0.25, -0.2) is 9.97 Å². The molecule has 0 bridgehead atoms. The summed E-state index contributed by atoms with van der Waals surface area (Å²) in [5, 5.41) is 26.6. The fourth-order valence-corrected chi connectivity index (χ4v) is 1.53. The number of hydrogen-bond acceptors (Lipinski definition) is 5. The van der Waals surface area contributed by atoms with Crippen LogP contribution >= 0.6 is 0 Å². The second-order valence-corrected chi connectivity index (χ2v) is 3.64. The number of fused-ring (bicyclic) bond motifs is 1. The number of hydrogen-bond donors (Lipinski definition) is 4. The molecule has 7 nitrogen and oxygen atoms in total. The minimum atomic E-state index is -1.01. The summed E-state index contributed by atoms with van der Waals surface area (Å²) >= 11 is 0. The largest absolute Gasteiger partial charge is 0.388 e. The maximum absolute atomic E-state index is 9.68. The van der Waals surface area contributed by atoms with E-state index in [-0.39, 0.29) is 12.0 Å². The highest BCUT2D eigenvalue weighted by molar-refractivity contribution is 5.68. The highest BCUT2D eigenvalue weighted by Gasteiger charge is 2.15. The van der Waals surface area contributed by atoms with Crippen LogP contribution in [0.15, 0.2) is 25.3 Å². The molecule has 4 N–H and O–H groups in total. The highest BCUT2D eigenvalue weighted by Crippen LogP contribution is 2.05. The molecule has 0 radical (unpaired) electrons. The molecule has 2 aromatic rings. The van der Waals surface area contributed by atoms with Gasteiger partial charge >= 0.3 is 0 Å². The van der Waals surface area contributed by atoms with Gasteiger partial charge in [0.15, 0.2) is 11.1 Å². The van der Waals surface area contributed by atoms with Crippen molar-refractivity contribution in [1.29, 1.82) is 5.41 Å². The molecule has 2 atom stereocenters. The molecule has 0 saturated carbocycles. The number of aliphatic hydroxyl groups excluding tert-OH is 2. The van der Waals surface area contributed by atoms with E-state index >= 15 is 0 Å². The molecule has 0 aliphatic rings. The average molecular weight is 235 g/mol. The molecule has 2 heterocycles. The van der Waals surface area contributed by atoms with Crippen molar-refractivity contribution in [2.45, 2.75) is 18.8 Å². The molecule has 0 unspecified atom stereocenters. The number of rotatable bonds is 4. The Balaban J connectivity index is 2.37. The number of aromatic nitrogens is 4. The summed E-state index contributed by atoms with van der Waals surface area (Å²) in [6.07, 6.45) is 2.13. The normalized spacial score (nSPS) is 14.7. The number of H-pyrrole nitrogens is 1. The summed E-state index contributed by atoms with van der Waals surface area (Å²) < 4.78 is 1.57. The molecule has 17 heavy (non-hydrogen) atoms. The standard InChI is InChI=1S/C10H13N5O2/c1-2-6(16)7(17)3-15-5-14-9(11)8-10(15)13-4-12-8/h2,4-7,11,16-17H,1,3H2,(H,12,13)/t6-,7+/m0/s1. The lowest BCUT2D eigenvalue weighted by Gasteiger charge is -2.16. The van der Waals surface area contributed by atoms with Crippen LogP contribution in [0.2, 0.25) is 0 Å². The van der Waals surface area contributed by atoms with Crippen LogP contribution in [0.4, 0.5) is 0 Å². The molecule has 7 heteroatoms. The predicted molar refractivity (Wildman–Crippen MR) is 59.9 cm³/mol. The molecule has 0 aliphatic heterocycles. The van der Waals surface area contributed by atoms with Gasteiger partial charge in [0.25, 0.3) is 0 Å². The zero-order chi connectivity index (χ0) is 12.4. The molecule has 0 saturated heterocycles. The van der Waals surface area contributed by atoms with Crippen molar-refractivity contribution in [3.05, 3.63) is 30.8 Å². The van der Waals surface area contributed by atoms with Gasteiger partial charge in [0.2, 0.25) is 0 Å². The Labute approximate surface area is 96.6 Å². The van der Waals surface area contributed by atoms with Crippen LogP contribution in [0.5, 0.6) is 0 Å². The minimum Gasteiger partial charge on any atom is -0.388 e. The lowest BCUT2D eigenvalue weighted by atomic mass is 10.2. The second-order valence-electron chi connectivity index (χ2n) is 3.64. The van der Waals surface area contributed by atoms with Gasteiger partial charge in [0.1, 0.15) is 11.6 Å². The Kier molecular flexibility index (Phi) is 3.03. The van der Waals surface area contributed by atoms with Gasteiger partial charge in [-0.3, -0.25) is 5.41 Å². The first-order chi connectivity index (χ1) is 8.13. The Morgan fingerprint density at radius 1 is 1.53 bits per heavy atom. The molecule has 2 rings (SSSR count). The van der Waals surface area contributed by atoms with Crippen molar-refractivity contribution in [3.63, 3.8) is 0 Å². The van der Waals surface area contributed by atoms with Crippen molar-refractivity contribution in [2.75, 3.05) is 0 Å². The third kappa shape index (κ3) is 2.10. The summed E-state index contributed by atoms with van der Waals surface area (Å²) in [5.41, 5.74) is 1.10. The zero-order valence-electron chi connectivity index (χ0n) is 9.04. The van der Waals surface area contributed by atoms with Gasteiger partial charge in [-0.1, -0.05) is 6.08 Å². The van der Waals surface area contributed by atoms with Crippen LogP contribution in [0, 0.1) is 5.41 Å². The van der Waals surface area contributed by atoms with Crippen LogP contribution in [-0.4, -0.2) is 41.9 Å².